The molecule has 0 saturated heterocycles. The van der Waals surface area contributed by atoms with E-state index in [2.05, 4.69) is 0 Å². The van der Waals surface area contributed by atoms with Gasteiger partial charge in [-0.2, -0.15) is 0 Å². The number of rotatable bonds is 2. The van der Waals surface area contributed by atoms with Crippen LogP contribution in [0.1, 0.15) is 0 Å². The number of carbonyl (C=O) groups excluding carboxylic acids is 1. The van der Waals surface area contributed by atoms with Crippen molar-refractivity contribution in [2.24, 2.45) is 11.5 Å². The molecule has 0 unspecified atom stereocenters. The van der Waals surface area contributed by atoms with Crippen LogP contribution in [0.4, 0.5) is 0 Å². The second kappa shape index (κ2) is 3.42. The Bertz CT molecular complexity index is 124. The minimum absolute atomic E-state index is 0.281. The van der Waals surface area contributed by atoms with E-state index in [1.165, 1.54) is 3.11 Å². The summed E-state index contributed by atoms with van der Waals surface area (Å²) in [7, 11) is 1.64. The minimum Gasteiger partial charge on any atom is -0.293 e. The standard InChI is InChI=1S/C3H7I2N3O/c1-8(5)3(6,7)2(4)9/h6-7H2,1H3. The highest BCUT2D eigenvalue weighted by Gasteiger charge is 2.30. The fourth-order valence-corrected chi connectivity index (χ4v) is 1.16. The molecule has 4 N–H and O–H groups in total. The molecule has 9 heavy (non-hydrogen) atoms. The molecule has 0 spiro atoms. The maximum atomic E-state index is 10.6. The summed E-state index contributed by atoms with van der Waals surface area (Å²) in [4.78, 5) is 10.6. The van der Waals surface area contributed by atoms with Gasteiger partial charge in [0.15, 0.2) is 0 Å². The summed E-state index contributed by atoms with van der Waals surface area (Å²) in [5.41, 5.74) is 10.7. The van der Waals surface area contributed by atoms with E-state index in [0.29, 0.717) is 0 Å². The quantitative estimate of drug-likeness (QED) is 0.312. The van der Waals surface area contributed by atoms with Crippen LogP contribution in [0.25, 0.3) is 0 Å². The van der Waals surface area contributed by atoms with Gasteiger partial charge in [-0.1, -0.05) is 0 Å². The topological polar surface area (TPSA) is 72.3 Å². The first-order chi connectivity index (χ1) is 3.89. The van der Waals surface area contributed by atoms with E-state index in [1.807, 2.05) is 22.9 Å². The number of halogens is 2. The molecule has 0 saturated carbocycles. The molecule has 0 radical (unpaired) electrons. The summed E-state index contributed by atoms with van der Waals surface area (Å²) >= 11 is 3.42. The summed E-state index contributed by atoms with van der Waals surface area (Å²) in [6.07, 6.45) is 0. The van der Waals surface area contributed by atoms with E-state index in [0.717, 1.165) is 0 Å². The third-order valence-electron chi connectivity index (χ3n) is 0.825. The van der Waals surface area contributed by atoms with Gasteiger partial charge in [0.25, 0.3) is 0 Å². The fourth-order valence-electron chi connectivity index (χ4n) is 0.121. The molecular weight excluding hydrogens is 348 g/mol. The highest BCUT2D eigenvalue weighted by atomic mass is 127. The largest absolute Gasteiger partial charge is 0.293 e. The number of hydrogen-bond acceptors (Lipinski definition) is 4. The predicted octanol–water partition coefficient (Wildman–Crippen LogP) is -0.199. The van der Waals surface area contributed by atoms with Crippen LogP contribution >= 0.6 is 45.5 Å². The van der Waals surface area contributed by atoms with Crippen LogP contribution in [0.15, 0.2) is 0 Å². The zero-order valence-corrected chi connectivity index (χ0v) is 9.08. The van der Waals surface area contributed by atoms with Crippen LogP contribution in [0, 0.1) is 0 Å². The Kier molecular flexibility index (Phi) is 3.80. The van der Waals surface area contributed by atoms with E-state index < -0.39 is 5.79 Å². The van der Waals surface area contributed by atoms with E-state index in [1.54, 1.807) is 29.6 Å². The maximum absolute atomic E-state index is 10.6. The molecule has 0 bridgehead atoms. The van der Waals surface area contributed by atoms with Crippen molar-refractivity contribution >= 4 is 49.2 Å². The Morgan fingerprint density at radius 3 is 2.00 bits per heavy atom. The summed E-state index contributed by atoms with van der Waals surface area (Å²) in [5.74, 6) is -1.33. The number of likely N-dealkylation sites (N-methyl/N-ethyl adjacent to an activating group) is 1. The highest BCUT2D eigenvalue weighted by molar-refractivity contribution is 14.1. The molecule has 0 atom stereocenters. The highest BCUT2D eigenvalue weighted by Crippen LogP contribution is 2.09. The second-order valence-corrected chi connectivity index (χ2v) is 4.00. The van der Waals surface area contributed by atoms with Crippen LogP contribution in [-0.2, 0) is 4.79 Å². The normalized spacial score (nSPS) is 12.2. The van der Waals surface area contributed by atoms with Crippen molar-refractivity contribution in [2.75, 3.05) is 7.05 Å². The van der Waals surface area contributed by atoms with E-state index in [9.17, 15) is 4.79 Å². The van der Waals surface area contributed by atoms with Crippen molar-refractivity contribution in [1.29, 1.82) is 0 Å². The van der Waals surface area contributed by atoms with Crippen molar-refractivity contribution in [1.82, 2.24) is 3.11 Å². The van der Waals surface area contributed by atoms with Crippen molar-refractivity contribution in [3.63, 3.8) is 0 Å². The average Bonchev–Trinajstić information content (AvgIpc) is 1.65. The molecule has 6 heteroatoms. The van der Waals surface area contributed by atoms with Gasteiger partial charge >= 0.3 is 0 Å². The molecule has 0 heterocycles. The van der Waals surface area contributed by atoms with Gasteiger partial charge in [0.1, 0.15) is 0 Å². The fraction of sp³-hybridized carbons (Fsp3) is 0.667. The lowest BCUT2D eigenvalue weighted by molar-refractivity contribution is -0.116. The van der Waals surface area contributed by atoms with E-state index in [4.69, 9.17) is 11.5 Å². The predicted molar refractivity (Wildman–Crippen MR) is 51.9 cm³/mol. The summed E-state index contributed by atoms with van der Waals surface area (Å²) in [5, 5.41) is 0. The van der Waals surface area contributed by atoms with Gasteiger partial charge < -0.3 is 0 Å². The van der Waals surface area contributed by atoms with Gasteiger partial charge in [-0.05, 0) is 0 Å². The first kappa shape index (κ1) is 10.0. The molecule has 0 fully saturated rings. The first-order valence-electron chi connectivity index (χ1n) is 2.06. The van der Waals surface area contributed by atoms with Gasteiger partial charge in [0, 0.05) is 52.5 Å². The molecule has 0 aromatic rings. The molecule has 0 aliphatic carbocycles. The lowest BCUT2D eigenvalue weighted by Crippen LogP contribution is -2.62. The van der Waals surface area contributed by atoms with Crippen LogP contribution in [-0.4, -0.2) is 19.7 Å². The van der Waals surface area contributed by atoms with Gasteiger partial charge in [-0.3, -0.25) is 16.3 Å². The zero-order chi connectivity index (χ0) is 7.65. The Morgan fingerprint density at radius 1 is 1.67 bits per heavy atom. The summed E-state index contributed by atoms with van der Waals surface area (Å²) in [6.45, 7) is 0. The molecule has 0 aliphatic heterocycles. The van der Waals surface area contributed by atoms with Gasteiger partial charge in [-0.15, -0.1) is 0 Å². The number of hydrogen-bond donors (Lipinski definition) is 2. The molecule has 0 aromatic carbocycles. The van der Waals surface area contributed by atoms with Crippen molar-refractivity contribution < 1.29 is 4.79 Å². The van der Waals surface area contributed by atoms with E-state index >= 15 is 0 Å². The lowest BCUT2D eigenvalue weighted by atomic mass is 10.4. The van der Waals surface area contributed by atoms with Crippen LogP contribution < -0.4 is 11.5 Å². The average molecular weight is 355 g/mol. The number of carbonyl (C=O) groups is 1. The van der Waals surface area contributed by atoms with E-state index in [-0.39, 0.29) is 3.79 Å². The first-order valence-corrected chi connectivity index (χ1v) is 4.10. The monoisotopic (exact) mass is 355 g/mol. The van der Waals surface area contributed by atoms with Gasteiger partial charge in [0.2, 0.25) is 9.58 Å². The summed E-state index contributed by atoms with van der Waals surface area (Å²) < 4.78 is 1.15. The van der Waals surface area contributed by atoms with Crippen molar-refractivity contribution in [3.8, 4) is 0 Å². The number of nitrogens with two attached hydrogens (primary N) is 2. The Labute approximate surface area is 81.0 Å². The Morgan fingerprint density at radius 2 is 2.00 bits per heavy atom. The van der Waals surface area contributed by atoms with Gasteiger partial charge in [0.05, 0.1) is 0 Å². The molecule has 4 nitrogen and oxygen atoms in total. The minimum atomic E-state index is -1.33. The molecule has 54 valence electrons. The Hall–Kier alpha value is 1.01. The van der Waals surface area contributed by atoms with Crippen LogP contribution in [0.3, 0.4) is 0 Å². The van der Waals surface area contributed by atoms with Crippen molar-refractivity contribution in [2.45, 2.75) is 5.79 Å². The molecule has 0 rings (SSSR count). The maximum Gasteiger partial charge on any atom is 0.242 e. The van der Waals surface area contributed by atoms with Crippen LogP contribution in [0.2, 0.25) is 0 Å². The third-order valence-corrected chi connectivity index (χ3v) is 2.49. The second-order valence-electron chi connectivity index (χ2n) is 1.58. The molecule has 0 aliphatic rings. The van der Waals surface area contributed by atoms with Crippen LogP contribution in [0.5, 0.6) is 0 Å². The number of nitrogens with zero attached hydrogens (tertiary/aromatic N) is 1. The third kappa shape index (κ3) is 2.62. The Balaban J connectivity index is 4.19. The smallest absolute Gasteiger partial charge is 0.242 e. The zero-order valence-electron chi connectivity index (χ0n) is 4.77. The molecular formula is C3H7I2N3O. The van der Waals surface area contributed by atoms with Crippen molar-refractivity contribution in [3.05, 3.63) is 0 Å². The van der Waals surface area contributed by atoms with Gasteiger partial charge in [-0.25, -0.2) is 3.11 Å². The summed E-state index contributed by atoms with van der Waals surface area (Å²) in [6, 6.07) is 0. The lowest BCUT2D eigenvalue weighted by Gasteiger charge is -2.25. The SMILES string of the molecule is CN(I)C(N)(N)C(=O)I. The molecule has 0 aromatic heterocycles. The molecule has 0 amide bonds.